The minimum absolute atomic E-state index is 0.238. The van der Waals surface area contributed by atoms with Gasteiger partial charge in [-0.2, -0.15) is 4.98 Å². The molecule has 0 aliphatic heterocycles. The Morgan fingerprint density at radius 3 is 2.52 bits per heavy atom. The summed E-state index contributed by atoms with van der Waals surface area (Å²) in [5.74, 6) is -0.608. The third-order valence-electron chi connectivity index (χ3n) is 2.80. The van der Waals surface area contributed by atoms with E-state index in [2.05, 4.69) is 32.6 Å². The van der Waals surface area contributed by atoms with E-state index in [4.69, 9.17) is 9.84 Å². The van der Waals surface area contributed by atoms with E-state index in [0.717, 1.165) is 3.57 Å². The molecule has 0 spiro atoms. The van der Waals surface area contributed by atoms with Crippen molar-refractivity contribution in [1.29, 1.82) is 0 Å². The van der Waals surface area contributed by atoms with Crippen LogP contribution in [0.5, 0.6) is 11.6 Å². The van der Waals surface area contributed by atoms with Gasteiger partial charge >= 0.3 is 5.97 Å². The second-order valence-electron chi connectivity index (χ2n) is 4.21. The Kier molecular flexibility index (Phi) is 3.70. The number of hydrogen-bond donors (Lipinski definition) is 1. The number of fused-ring (bicyclic) bond motifs is 1. The number of aromatic nitrogens is 2. The lowest BCUT2D eigenvalue weighted by atomic mass is 10.2. The summed E-state index contributed by atoms with van der Waals surface area (Å²) in [5.41, 5.74) is 0.533. The van der Waals surface area contributed by atoms with Crippen molar-refractivity contribution in [3.63, 3.8) is 0 Å². The molecule has 5 nitrogen and oxygen atoms in total. The molecule has 0 aliphatic carbocycles. The van der Waals surface area contributed by atoms with Gasteiger partial charge in [-0.1, -0.05) is 24.3 Å². The number of benzene rings is 2. The zero-order chi connectivity index (χ0) is 14.8. The summed E-state index contributed by atoms with van der Waals surface area (Å²) in [7, 11) is 0. The summed E-state index contributed by atoms with van der Waals surface area (Å²) in [5, 5.41) is 9.78. The molecule has 1 N–H and O–H groups in total. The van der Waals surface area contributed by atoms with Gasteiger partial charge in [0.15, 0.2) is 0 Å². The Balaban J connectivity index is 2.16. The number of rotatable bonds is 3. The molecule has 2 aromatic carbocycles. The Labute approximate surface area is 133 Å². The molecule has 0 radical (unpaired) electrons. The zero-order valence-electron chi connectivity index (χ0n) is 10.7. The second-order valence-corrected chi connectivity index (χ2v) is 5.37. The van der Waals surface area contributed by atoms with E-state index in [0.29, 0.717) is 16.7 Å². The Morgan fingerprint density at radius 1 is 1.05 bits per heavy atom. The zero-order valence-corrected chi connectivity index (χ0v) is 12.8. The molecule has 0 amide bonds. The van der Waals surface area contributed by atoms with E-state index in [1.54, 1.807) is 24.3 Å². The molecule has 0 unspecified atom stereocenters. The quantitative estimate of drug-likeness (QED) is 0.688. The third kappa shape index (κ3) is 2.80. The SMILES string of the molecule is O=C(O)c1nc(Oc2ccccc2I)c2ccccc2n1. The summed E-state index contributed by atoms with van der Waals surface area (Å²) in [6.07, 6.45) is 0. The number of para-hydroxylation sites is 2. The van der Waals surface area contributed by atoms with Crippen molar-refractivity contribution in [3.8, 4) is 11.6 Å². The predicted molar refractivity (Wildman–Crippen MR) is 85.7 cm³/mol. The Hall–Kier alpha value is -2.22. The fraction of sp³-hybridized carbons (Fsp3) is 0. The molecule has 0 atom stereocenters. The number of carboxylic acid groups (broad SMARTS) is 1. The maximum absolute atomic E-state index is 11.1. The summed E-state index contributed by atoms with van der Waals surface area (Å²) >= 11 is 2.15. The molecular formula is C15H9IN2O3. The largest absolute Gasteiger partial charge is 0.475 e. The highest BCUT2D eigenvalue weighted by atomic mass is 127. The van der Waals surface area contributed by atoms with Crippen molar-refractivity contribution in [1.82, 2.24) is 9.97 Å². The summed E-state index contributed by atoms with van der Waals surface area (Å²) in [6.45, 7) is 0. The monoisotopic (exact) mass is 392 g/mol. The molecule has 21 heavy (non-hydrogen) atoms. The van der Waals surface area contributed by atoms with Crippen molar-refractivity contribution in [2.75, 3.05) is 0 Å². The lowest BCUT2D eigenvalue weighted by Gasteiger charge is -2.09. The molecule has 0 aliphatic rings. The lowest BCUT2D eigenvalue weighted by molar-refractivity contribution is 0.0683. The minimum atomic E-state index is -1.19. The van der Waals surface area contributed by atoms with Crippen LogP contribution in [0.1, 0.15) is 10.6 Å². The van der Waals surface area contributed by atoms with Crippen molar-refractivity contribution in [3.05, 3.63) is 57.9 Å². The number of ether oxygens (including phenoxy) is 1. The van der Waals surface area contributed by atoms with Gasteiger partial charge < -0.3 is 9.84 Å². The fourth-order valence-corrected chi connectivity index (χ4v) is 2.35. The highest BCUT2D eigenvalue weighted by Gasteiger charge is 2.14. The Morgan fingerprint density at radius 2 is 1.76 bits per heavy atom. The van der Waals surface area contributed by atoms with Gasteiger partial charge in [-0.3, -0.25) is 0 Å². The Bertz CT molecular complexity index is 836. The van der Waals surface area contributed by atoms with Gasteiger partial charge in [-0.05, 0) is 46.9 Å². The maximum atomic E-state index is 11.1. The third-order valence-corrected chi connectivity index (χ3v) is 3.69. The van der Waals surface area contributed by atoms with Crippen LogP contribution in [0.25, 0.3) is 10.9 Å². The highest BCUT2D eigenvalue weighted by Crippen LogP contribution is 2.30. The van der Waals surface area contributed by atoms with E-state index in [1.807, 2.05) is 24.3 Å². The van der Waals surface area contributed by atoms with Crippen LogP contribution in [0.15, 0.2) is 48.5 Å². The van der Waals surface area contributed by atoms with Gasteiger partial charge in [0, 0.05) is 0 Å². The van der Waals surface area contributed by atoms with Crippen molar-refractivity contribution in [2.45, 2.75) is 0 Å². The molecule has 1 heterocycles. The maximum Gasteiger partial charge on any atom is 0.374 e. The summed E-state index contributed by atoms with van der Waals surface area (Å²) in [6, 6.07) is 14.6. The first-order valence-corrected chi connectivity index (χ1v) is 7.15. The molecule has 3 aromatic rings. The number of carboxylic acids is 1. The smallest absolute Gasteiger partial charge is 0.374 e. The molecule has 0 fully saturated rings. The number of carbonyl (C=O) groups is 1. The van der Waals surface area contributed by atoms with Crippen molar-refractivity contribution < 1.29 is 14.6 Å². The second kappa shape index (κ2) is 5.65. The van der Waals surface area contributed by atoms with Gasteiger partial charge in [0.05, 0.1) is 14.5 Å². The molecule has 104 valence electrons. The van der Waals surface area contributed by atoms with Crippen LogP contribution in [0, 0.1) is 3.57 Å². The first kappa shape index (κ1) is 13.7. The van der Waals surface area contributed by atoms with E-state index in [1.165, 1.54) is 0 Å². The van der Waals surface area contributed by atoms with Crippen LogP contribution < -0.4 is 4.74 Å². The molecule has 0 saturated heterocycles. The standard InChI is InChI=1S/C15H9IN2O3/c16-10-6-2-4-8-12(10)21-14-9-5-1-3-7-11(9)17-13(18-14)15(19)20/h1-8H,(H,19,20). The number of aromatic carboxylic acids is 1. The average molecular weight is 392 g/mol. The van der Waals surface area contributed by atoms with Gasteiger partial charge in [0.2, 0.25) is 11.7 Å². The van der Waals surface area contributed by atoms with Crippen LogP contribution in [-0.2, 0) is 0 Å². The molecule has 6 heteroatoms. The van der Waals surface area contributed by atoms with Crippen LogP contribution in [0.3, 0.4) is 0 Å². The first-order valence-electron chi connectivity index (χ1n) is 6.07. The number of hydrogen-bond acceptors (Lipinski definition) is 4. The summed E-state index contributed by atoms with van der Waals surface area (Å²) in [4.78, 5) is 19.1. The molecule has 0 bridgehead atoms. The van der Waals surface area contributed by atoms with Crippen molar-refractivity contribution in [2.24, 2.45) is 0 Å². The van der Waals surface area contributed by atoms with Crippen molar-refractivity contribution >= 4 is 39.5 Å². The van der Waals surface area contributed by atoms with Gasteiger partial charge in [-0.15, -0.1) is 0 Å². The molecule has 3 rings (SSSR count). The van der Waals surface area contributed by atoms with Crippen LogP contribution in [0.2, 0.25) is 0 Å². The highest BCUT2D eigenvalue weighted by molar-refractivity contribution is 14.1. The number of nitrogens with zero attached hydrogens (tertiary/aromatic N) is 2. The normalized spacial score (nSPS) is 10.5. The van der Waals surface area contributed by atoms with Gasteiger partial charge in [0.25, 0.3) is 0 Å². The lowest BCUT2D eigenvalue weighted by Crippen LogP contribution is -2.06. The van der Waals surface area contributed by atoms with Crippen LogP contribution in [0.4, 0.5) is 0 Å². The molecule has 0 saturated carbocycles. The van der Waals surface area contributed by atoms with E-state index in [9.17, 15) is 4.79 Å². The van der Waals surface area contributed by atoms with Gasteiger partial charge in [0.1, 0.15) is 5.75 Å². The number of halogens is 1. The topological polar surface area (TPSA) is 72.3 Å². The minimum Gasteiger partial charge on any atom is -0.475 e. The fourth-order valence-electron chi connectivity index (χ4n) is 1.85. The predicted octanol–water partition coefficient (Wildman–Crippen LogP) is 3.72. The van der Waals surface area contributed by atoms with E-state index in [-0.39, 0.29) is 11.7 Å². The van der Waals surface area contributed by atoms with Crippen LogP contribution in [-0.4, -0.2) is 21.0 Å². The average Bonchev–Trinajstić information content (AvgIpc) is 2.49. The summed E-state index contributed by atoms with van der Waals surface area (Å²) < 4.78 is 6.70. The molecule has 1 aromatic heterocycles. The first-order chi connectivity index (χ1) is 10.1. The van der Waals surface area contributed by atoms with E-state index < -0.39 is 5.97 Å². The van der Waals surface area contributed by atoms with Crippen LogP contribution >= 0.6 is 22.6 Å². The van der Waals surface area contributed by atoms with E-state index >= 15 is 0 Å². The molecular weight excluding hydrogens is 383 g/mol. The van der Waals surface area contributed by atoms with Gasteiger partial charge in [-0.25, -0.2) is 9.78 Å².